The molecule has 11 heteroatoms. The predicted molar refractivity (Wildman–Crippen MR) is 96.4 cm³/mol. The second-order valence-corrected chi connectivity index (χ2v) is 6.87. The topological polar surface area (TPSA) is 105 Å². The summed E-state index contributed by atoms with van der Waals surface area (Å²) in [6, 6.07) is 4.80. The third kappa shape index (κ3) is 3.59. The van der Waals surface area contributed by atoms with Gasteiger partial charge in [-0.05, 0) is 35.0 Å². The summed E-state index contributed by atoms with van der Waals surface area (Å²) in [5.74, 6) is -0.608. The fraction of sp³-hybridized carbons (Fsp3) is 0.471. The average molecular weight is 389 g/mol. The van der Waals surface area contributed by atoms with E-state index >= 15 is 0 Å². The van der Waals surface area contributed by atoms with E-state index in [1.807, 2.05) is 4.90 Å². The second kappa shape index (κ2) is 7.41. The first kappa shape index (κ1) is 18.1. The number of anilines is 2. The molecular weight excluding hydrogens is 369 g/mol. The quantitative estimate of drug-likeness (QED) is 0.803. The number of carbonyl (C=O) groups is 2. The predicted octanol–water partition coefficient (Wildman–Crippen LogP) is 0.725. The molecule has 2 amide bonds. The van der Waals surface area contributed by atoms with Gasteiger partial charge in [-0.3, -0.25) is 9.69 Å². The Morgan fingerprint density at radius 3 is 2.96 bits per heavy atom. The summed E-state index contributed by atoms with van der Waals surface area (Å²) in [5.41, 5.74) is 0.898. The molecule has 2 aromatic rings. The molecule has 1 aromatic heterocycles. The third-order valence-corrected chi connectivity index (χ3v) is 4.94. The first-order valence-electron chi connectivity index (χ1n) is 9.01. The van der Waals surface area contributed by atoms with Crippen LogP contribution in [0.4, 0.5) is 20.6 Å². The number of aromatic nitrogens is 4. The number of rotatable bonds is 5. The molecule has 0 radical (unpaired) electrons. The van der Waals surface area contributed by atoms with Crippen LogP contribution >= 0.6 is 0 Å². The van der Waals surface area contributed by atoms with Crippen LogP contribution in [-0.4, -0.2) is 64.5 Å². The van der Waals surface area contributed by atoms with E-state index in [0.29, 0.717) is 24.5 Å². The van der Waals surface area contributed by atoms with Gasteiger partial charge in [0.25, 0.3) is 0 Å². The molecule has 4 rings (SSSR count). The number of amides is 2. The van der Waals surface area contributed by atoms with Crippen molar-refractivity contribution in [3.8, 4) is 0 Å². The normalized spacial score (nSPS) is 21.9. The highest BCUT2D eigenvalue weighted by Crippen LogP contribution is 2.31. The molecule has 2 saturated heterocycles. The zero-order valence-electron chi connectivity index (χ0n) is 15.3. The van der Waals surface area contributed by atoms with Crippen molar-refractivity contribution < 1.29 is 18.7 Å². The van der Waals surface area contributed by atoms with Crippen molar-refractivity contribution in [3.05, 3.63) is 30.3 Å². The summed E-state index contributed by atoms with van der Waals surface area (Å²) in [5, 5.41) is 13.8. The number of benzene rings is 1. The van der Waals surface area contributed by atoms with Gasteiger partial charge in [-0.2, -0.15) is 0 Å². The van der Waals surface area contributed by atoms with Crippen molar-refractivity contribution in [3.63, 3.8) is 0 Å². The van der Waals surface area contributed by atoms with Crippen LogP contribution in [0.5, 0.6) is 0 Å². The number of nitrogens with zero attached hydrogens (tertiary/aromatic N) is 6. The molecule has 148 valence electrons. The Morgan fingerprint density at radius 2 is 2.25 bits per heavy atom. The van der Waals surface area contributed by atoms with E-state index in [4.69, 9.17) is 4.74 Å². The van der Waals surface area contributed by atoms with Gasteiger partial charge in [-0.25, -0.2) is 13.9 Å². The summed E-state index contributed by atoms with van der Waals surface area (Å²) < 4.78 is 21.7. The average Bonchev–Trinajstić information content (AvgIpc) is 3.40. The number of hydrogen-bond acceptors (Lipinski definition) is 7. The Labute approximate surface area is 160 Å². The van der Waals surface area contributed by atoms with Crippen molar-refractivity contribution >= 4 is 23.4 Å². The Balaban J connectivity index is 1.43. The van der Waals surface area contributed by atoms with Gasteiger partial charge in [0.2, 0.25) is 5.91 Å². The van der Waals surface area contributed by atoms with Crippen molar-refractivity contribution in [1.82, 2.24) is 25.5 Å². The molecule has 3 heterocycles. The zero-order chi connectivity index (χ0) is 19.7. The van der Waals surface area contributed by atoms with Crippen LogP contribution in [-0.2, 0) is 9.53 Å². The molecule has 1 aromatic carbocycles. The van der Waals surface area contributed by atoms with Crippen LogP contribution < -0.4 is 15.1 Å². The fourth-order valence-electron chi connectivity index (χ4n) is 3.53. The highest BCUT2D eigenvalue weighted by molar-refractivity contribution is 5.90. The van der Waals surface area contributed by atoms with Crippen LogP contribution in [0.1, 0.15) is 19.4 Å². The molecule has 2 fully saturated rings. The molecule has 2 aliphatic rings. The number of hydrogen-bond donors (Lipinski definition) is 1. The summed E-state index contributed by atoms with van der Waals surface area (Å²) >= 11 is 0. The Morgan fingerprint density at radius 1 is 1.39 bits per heavy atom. The van der Waals surface area contributed by atoms with Crippen LogP contribution in [0, 0.1) is 5.82 Å². The smallest absolute Gasteiger partial charge is 0.414 e. The summed E-state index contributed by atoms with van der Waals surface area (Å²) in [6.07, 6.45) is 1.36. The van der Waals surface area contributed by atoms with Gasteiger partial charge in [-0.1, -0.05) is 0 Å². The zero-order valence-corrected chi connectivity index (χ0v) is 15.3. The standard InChI is InChI=1S/C17H20FN7O3/c1-11(26)19-7-14-9-24(17(27)28-14)12-2-3-16(15(18)6-12)23-5-4-13(8-23)25-10-20-21-22-25/h2-3,6,10,13-14H,4-5,7-9H2,1H3,(H,19,26). The van der Waals surface area contributed by atoms with Crippen molar-refractivity contribution in [2.24, 2.45) is 0 Å². The minimum Gasteiger partial charge on any atom is -0.442 e. The van der Waals surface area contributed by atoms with Gasteiger partial charge in [0.15, 0.2) is 0 Å². The lowest BCUT2D eigenvalue weighted by Gasteiger charge is -2.21. The van der Waals surface area contributed by atoms with E-state index in [9.17, 15) is 14.0 Å². The van der Waals surface area contributed by atoms with Crippen LogP contribution in [0.25, 0.3) is 0 Å². The molecule has 0 saturated carbocycles. The summed E-state index contributed by atoms with van der Waals surface area (Å²) in [7, 11) is 0. The van der Waals surface area contributed by atoms with Crippen LogP contribution in [0.3, 0.4) is 0 Å². The maximum absolute atomic E-state index is 14.8. The van der Waals surface area contributed by atoms with Crippen molar-refractivity contribution in [1.29, 1.82) is 0 Å². The number of nitrogens with one attached hydrogen (secondary N) is 1. The summed E-state index contributed by atoms with van der Waals surface area (Å²) in [4.78, 5) is 26.4. The van der Waals surface area contributed by atoms with Crippen molar-refractivity contribution in [2.45, 2.75) is 25.5 Å². The lowest BCUT2D eigenvalue weighted by atomic mass is 10.2. The highest BCUT2D eigenvalue weighted by Gasteiger charge is 2.33. The van der Waals surface area contributed by atoms with Gasteiger partial charge in [0.05, 0.1) is 30.5 Å². The molecule has 2 aliphatic heterocycles. The Kier molecular flexibility index (Phi) is 4.80. The Hall–Kier alpha value is -3.24. The van der Waals surface area contributed by atoms with E-state index in [2.05, 4.69) is 20.8 Å². The van der Waals surface area contributed by atoms with E-state index in [0.717, 1.165) is 6.42 Å². The Bertz CT molecular complexity index is 876. The molecule has 1 N–H and O–H groups in total. The molecule has 0 aliphatic carbocycles. The van der Waals surface area contributed by atoms with Crippen LogP contribution in [0.2, 0.25) is 0 Å². The van der Waals surface area contributed by atoms with Crippen molar-refractivity contribution in [2.75, 3.05) is 36.0 Å². The molecule has 0 bridgehead atoms. The van der Waals surface area contributed by atoms with E-state index in [1.165, 1.54) is 17.9 Å². The minimum absolute atomic E-state index is 0.0946. The SMILES string of the molecule is CC(=O)NCC1CN(c2ccc(N3CCC(n4cnnn4)C3)c(F)c2)C(=O)O1. The minimum atomic E-state index is -0.553. The monoisotopic (exact) mass is 389 g/mol. The number of tetrazole rings is 1. The molecule has 2 atom stereocenters. The number of carbonyl (C=O) groups excluding carboxylic acids is 2. The van der Waals surface area contributed by atoms with Gasteiger partial charge < -0.3 is 15.0 Å². The molecule has 2 unspecified atom stereocenters. The fourth-order valence-corrected chi connectivity index (χ4v) is 3.53. The second-order valence-electron chi connectivity index (χ2n) is 6.87. The molecule has 0 spiro atoms. The maximum Gasteiger partial charge on any atom is 0.414 e. The number of halogens is 1. The molecule has 28 heavy (non-hydrogen) atoms. The molecular formula is C17H20FN7O3. The summed E-state index contributed by atoms with van der Waals surface area (Å²) in [6.45, 7) is 3.16. The number of ether oxygens (including phenoxy) is 1. The van der Waals surface area contributed by atoms with Gasteiger partial charge in [-0.15, -0.1) is 5.10 Å². The lowest BCUT2D eigenvalue weighted by molar-refractivity contribution is -0.119. The first-order chi connectivity index (χ1) is 13.5. The highest BCUT2D eigenvalue weighted by atomic mass is 19.1. The van der Waals surface area contributed by atoms with Gasteiger partial charge >= 0.3 is 6.09 Å². The van der Waals surface area contributed by atoms with E-state index in [-0.39, 0.29) is 25.0 Å². The van der Waals surface area contributed by atoms with E-state index < -0.39 is 18.0 Å². The third-order valence-electron chi connectivity index (χ3n) is 4.94. The molecule has 10 nitrogen and oxygen atoms in total. The van der Waals surface area contributed by atoms with E-state index in [1.54, 1.807) is 23.1 Å². The largest absolute Gasteiger partial charge is 0.442 e. The lowest BCUT2D eigenvalue weighted by Crippen LogP contribution is -2.33. The maximum atomic E-state index is 14.8. The first-order valence-corrected chi connectivity index (χ1v) is 9.01. The van der Waals surface area contributed by atoms with Crippen LogP contribution in [0.15, 0.2) is 24.5 Å². The van der Waals surface area contributed by atoms with Gasteiger partial charge in [0, 0.05) is 20.0 Å². The number of cyclic esters (lactones) is 1. The van der Waals surface area contributed by atoms with Gasteiger partial charge in [0.1, 0.15) is 18.2 Å².